The molecule has 0 saturated carbocycles. The third kappa shape index (κ3) is 4.12. The van der Waals surface area contributed by atoms with E-state index in [0.717, 1.165) is 60.9 Å². The van der Waals surface area contributed by atoms with Crippen LogP contribution in [0.15, 0.2) is 30.3 Å². The van der Waals surface area contributed by atoms with Gasteiger partial charge in [0, 0.05) is 43.0 Å². The molecule has 0 unspecified atom stereocenters. The van der Waals surface area contributed by atoms with Crippen molar-refractivity contribution >= 4 is 28.9 Å². The van der Waals surface area contributed by atoms with Gasteiger partial charge in [0.05, 0.1) is 0 Å². The lowest BCUT2D eigenvalue weighted by atomic mass is 10.3. The number of aryl methyl sites for hydroxylation is 1. The summed E-state index contributed by atoms with van der Waals surface area (Å²) < 4.78 is 0. The minimum atomic E-state index is 0.726. The van der Waals surface area contributed by atoms with E-state index in [0.29, 0.717) is 0 Å². The molecule has 6 heteroatoms. The predicted molar refractivity (Wildman–Crippen MR) is 95.8 cm³/mol. The summed E-state index contributed by atoms with van der Waals surface area (Å²) in [5, 5.41) is 4.05. The maximum Gasteiger partial charge on any atom is 0.136 e. The molecule has 1 aromatic heterocycles. The number of nitrogens with zero attached hydrogens (tertiary/aromatic N) is 4. The highest BCUT2D eigenvalue weighted by Gasteiger charge is 2.17. The summed E-state index contributed by atoms with van der Waals surface area (Å²) in [5.74, 6) is 2.58. The Kier molecular flexibility index (Phi) is 4.98. The van der Waals surface area contributed by atoms with Gasteiger partial charge in [-0.15, -0.1) is 0 Å². The third-order valence-electron chi connectivity index (χ3n) is 4.08. The van der Waals surface area contributed by atoms with Crippen molar-refractivity contribution in [2.24, 2.45) is 0 Å². The molecule has 1 aliphatic heterocycles. The van der Waals surface area contributed by atoms with Gasteiger partial charge in [-0.05, 0) is 37.7 Å². The van der Waals surface area contributed by atoms with Crippen molar-refractivity contribution in [1.82, 2.24) is 14.9 Å². The highest BCUT2D eigenvalue weighted by molar-refractivity contribution is 6.30. The molecule has 5 nitrogen and oxygen atoms in total. The molecule has 0 spiro atoms. The highest BCUT2D eigenvalue weighted by atomic mass is 35.5. The average Bonchev–Trinajstić information content (AvgIpc) is 2.56. The second-order valence-electron chi connectivity index (χ2n) is 5.71. The Hall–Kier alpha value is -1.85. The molecular formula is C17H22ClN5. The van der Waals surface area contributed by atoms with Crippen molar-refractivity contribution < 1.29 is 0 Å². The summed E-state index contributed by atoms with van der Waals surface area (Å²) in [5.41, 5.74) is 0.967. The topological polar surface area (TPSA) is 44.3 Å². The second-order valence-corrected chi connectivity index (χ2v) is 6.15. The molecule has 0 atom stereocenters. The lowest BCUT2D eigenvalue weighted by Gasteiger charge is -2.34. The van der Waals surface area contributed by atoms with Gasteiger partial charge in [-0.1, -0.05) is 18.5 Å². The molecule has 3 rings (SSSR count). The van der Waals surface area contributed by atoms with Gasteiger partial charge in [0.1, 0.15) is 17.5 Å². The zero-order valence-electron chi connectivity index (χ0n) is 13.6. The van der Waals surface area contributed by atoms with Crippen LogP contribution in [0.25, 0.3) is 0 Å². The van der Waals surface area contributed by atoms with E-state index in [2.05, 4.69) is 32.0 Å². The fraction of sp³-hybridized carbons (Fsp3) is 0.412. The van der Waals surface area contributed by atoms with Crippen molar-refractivity contribution in [3.8, 4) is 0 Å². The molecule has 2 heterocycles. The number of aromatic nitrogens is 2. The molecule has 0 amide bonds. The van der Waals surface area contributed by atoms with Crippen LogP contribution in [0.4, 0.5) is 17.3 Å². The first-order valence-corrected chi connectivity index (χ1v) is 8.37. The first kappa shape index (κ1) is 16.0. The minimum absolute atomic E-state index is 0.726. The fourth-order valence-corrected chi connectivity index (χ4v) is 2.88. The maximum atomic E-state index is 5.93. The smallest absolute Gasteiger partial charge is 0.136 e. The summed E-state index contributed by atoms with van der Waals surface area (Å²) in [6.07, 6.45) is 0. The van der Waals surface area contributed by atoms with Gasteiger partial charge in [0.25, 0.3) is 0 Å². The number of piperazine rings is 1. The van der Waals surface area contributed by atoms with Gasteiger partial charge >= 0.3 is 0 Å². The van der Waals surface area contributed by atoms with Crippen molar-refractivity contribution in [3.05, 3.63) is 41.2 Å². The Morgan fingerprint density at radius 2 is 1.78 bits per heavy atom. The summed E-state index contributed by atoms with van der Waals surface area (Å²) in [7, 11) is 0. The molecule has 1 saturated heterocycles. The van der Waals surface area contributed by atoms with Gasteiger partial charge in [0.15, 0.2) is 0 Å². The van der Waals surface area contributed by atoms with E-state index in [4.69, 9.17) is 11.6 Å². The Morgan fingerprint density at radius 3 is 2.43 bits per heavy atom. The van der Waals surface area contributed by atoms with Crippen molar-refractivity contribution in [2.75, 3.05) is 42.9 Å². The summed E-state index contributed by atoms with van der Waals surface area (Å²) in [6.45, 7) is 9.42. The van der Waals surface area contributed by atoms with Crippen LogP contribution in [-0.2, 0) is 0 Å². The lowest BCUT2D eigenvalue weighted by Crippen LogP contribution is -2.46. The summed E-state index contributed by atoms with van der Waals surface area (Å²) >= 11 is 5.93. The van der Waals surface area contributed by atoms with Gasteiger partial charge in [-0.2, -0.15) is 0 Å². The molecule has 0 radical (unpaired) electrons. The molecule has 1 aliphatic rings. The van der Waals surface area contributed by atoms with Crippen LogP contribution in [0.3, 0.4) is 0 Å². The number of rotatable bonds is 4. The molecule has 1 fully saturated rings. The largest absolute Gasteiger partial charge is 0.354 e. The van der Waals surface area contributed by atoms with Crippen LogP contribution in [0.2, 0.25) is 5.02 Å². The molecule has 23 heavy (non-hydrogen) atoms. The monoisotopic (exact) mass is 331 g/mol. The highest BCUT2D eigenvalue weighted by Crippen LogP contribution is 2.22. The SMILES string of the molecule is CCN1CCN(c2cc(Nc3ccc(Cl)cc3)nc(C)n2)CC1. The molecule has 0 bridgehead atoms. The van der Waals surface area contributed by atoms with E-state index in [9.17, 15) is 0 Å². The third-order valence-corrected chi connectivity index (χ3v) is 4.34. The number of benzene rings is 1. The van der Waals surface area contributed by atoms with Crippen LogP contribution in [-0.4, -0.2) is 47.6 Å². The first-order valence-electron chi connectivity index (χ1n) is 7.99. The van der Waals surface area contributed by atoms with Gasteiger partial charge in [-0.3, -0.25) is 0 Å². The molecule has 1 aromatic carbocycles. The maximum absolute atomic E-state index is 5.93. The second kappa shape index (κ2) is 7.15. The average molecular weight is 332 g/mol. The molecule has 0 aliphatic carbocycles. The van der Waals surface area contributed by atoms with E-state index in [1.807, 2.05) is 37.3 Å². The fourth-order valence-electron chi connectivity index (χ4n) is 2.75. The van der Waals surface area contributed by atoms with Gasteiger partial charge in [-0.25, -0.2) is 9.97 Å². The van der Waals surface area contributed by atoms with E-state index in [-0.39, 0.29) is 0 Å². The Balaban J connectivity index is 1.75. The molecular weight excluding hydrogens is 310 g/mol. The van der Waals surface area contributed by atoms with Crippen molar-refractivity contribution in [3.63, 3.8) is 0 Å². The van der Waals surface area contributed by atoms with Crippen molar-refractivity contribution in [1.29, 1.82) is 0 Å². The zero-order chi connectivity index (χ0) is 16.2. The van der Waals surface area contributed by atoms with Crippen LogP contribution in [0.1, 0.15) is 12.7 Å². The van der Waals surface area contributed by atoms with E-state index < -0.39 is 0 Å². The quantitative estimate of drug-likeness (QED) is 0.931. The molecule has 1 N–H and O–H groups in total. The van der Waals surface area contributed by atoms with E-state index >= 15 is 0 Å². The van der Waals surface area contributed by atoms with Gasteiger partial charge in [0.2, 0.25) is 0 Å². The number of hydrogen-bond acceptors (Lipinski definition) is 5. The number of halogens is 1. The van der Waals surface area contributed by atoms with Gasteiger partial charge < -0.3 is 15.1 Å². The normalized spacial score (nSPS) is 15.7. The number of anilines is 3. The Morgan fingerprint density at radius 1 is 1.09 bits per heavy atom. The van der Waals surface area contributed by atoms with Crippen LogP contribution >= 0.6 is 11.6 Å². The van der Waals surface area contributed by atoms with Crippen LogP contribution in [0.5, 0.6) is 0 Å². The molecule has 122 valence electrons. The zero-order valence-corrected chi connectivity index (χ0v) is 14.3. The number of hydrogen-bond donors (Lipinski definition) is 1. The lowest BCUT2D eigenvalue weighted by molar-refractivity contribution is 0.270. The van der Waals surface area contributed by atoms with E-state index in [1.54, 1.807) is 0 Å². The van der Waals surface area contributed by atoms with Crippen molar-refractivity contribution in [2.45, 2.75) is 13.8 Å². The standard InChI is InChI=1S/C17H22ClN5/c1-3-22-8-10-23(11-9-22)17-12-16(19-13(2)20-17)21-15-6-4-14(18)5-7-15/h4-7,12H,3,8-11H2,1-2H3,(H,19,20,21). The van der Waals surface area contributed by atoms with Crippen LogP contribution < -0.4 is 10.2 Å². The summed E-state index contributed by atoms with van der Waals surface area (Å²) in [6, 6.07) is 9.63. The van der Waals surface area contributed by atoms with Crippen LogP contribution in [0, 0.1) is 6.92 Å². The summed E-state index contributed by atoms with van der Waals surface area (Å²) in [4.78, 5) is 13.9. The number of nitrogens with one attached hydrogen (secondary N) is 1. The Labute approximate surface area is 142 Å². The Bertz CT molecular complexity index is 651. The predicted octanol–water partition coefficient (Wildman–Crippen LogP) is 3.32. The minimum Gasteiger partial charge on any atom is -0.354 e. The number of likely N-dealkylation sites (N-methyl/N-ethyl adjacent to an activating group) is 1. The van der Waals surface area contributed by atoms with E-state index in [1.165, 1.54) is 0 Å². The first-order chi connectivity index (χ1) is 11.1. The molecule has 2 aromatic rings.